The lowest BCUT2D eigenvalue weighted by molar-refractivity contribution is -0.0260. The lowest BCUT2D eigenvalue weighted by atomic mass is 10.1. The van der Waals surface area contributed by atoms with Crippen molar-refractivity contribution >= 4 is 15.7 Å². The van der Waals surface area contributed by atoms with Crippen molar-refractivity contribution in [3.8, 4) is 0 Å². The highest BCUT2D eigenvalue weighted by molar-refractivity contribution is 7.90. The van der Waals surface area contributed by atoms with E-state index in [0.29, 0.717) is 18.6 Å². The third-order valence-corrected chi connectivity index (χ3v) is 4.32. The molecule has 20 heavy (non-hydrogen) atoms. The number of amides is 1. The summed E-state index contributed by atoms with van der Waals surface area (Å²) in [6.07, 6.45) is 0.942. The van der Waals surface area contributed by atoms with Crippen LogP contribution in [-0.2, 0) is 14.6 Å². The highest BCUT2D eigenvalue weighted by Gasteiger charge is 2.25. The van der Waals surface area contributed by atoms with Crippen molar-refractivity contribution in [3.63, 3.8) is 0 Å². The number of rotatable bonds is 3. The molecule has 1 aliphatic rings. The molecule has 0 aromatic heterocycles. The smallest absolute Gasteiger partial charge is 0.251 e. The Labute approximate surface area is 117 Å². The van der Waals surface area contributed by atoms with Crippen LogP contribution in [0, 0.1) is 0 Å². The number of benzene rings is 1. The predicted molar refractivity (Wildman–Crippen MR) is 72.2 cm³/mol. The Balaban J connectivity index is 2.06. The minimum Gasteiger partial charge on any atom is -0.389 e. The molecular formula is C13H17NO5S. The van der Waals surface area contributed by atoms with Gasteiger partial charge in [-0.2, -0.15) is 0 Å². The van der Waals surface area contributed by atoms with Crippen molar-refractivity contribution in [1.82, 2.24) is 5.32 Å². The molecule has 7 heteroatoms. The van der Waals surface area contributed by atoms with E-state index in [1.165, 1.54) is 24.3 Å². The minimum absolute atomic E-state index is 0.167. The summed E-state index contributed by atoms with van der Waals surface area (Å²) < 4.78 is 27.7. The molecule has 0 bridgehead atoms. The minimum atomic E-state index is -3.27. The van der Waals surface area contributed by atoms with E-state index in [1.54, 1.807) is 0 Å². The molecule has 1 aromatic rings. The van der Waals surface area contributed by atoms with Crippen molar-refractivity contribution in [3.05, 3.63) is 29.8 Å². The Bertz CT molecular complexity index is 581. The molecule has 1 aromatic carbocycles. The van der Waals surface area contributed by atoms with Gasteiger partial charge in [0, 0.05) is 18.4 Å². The molecule has 1 aliphatic heterocycles. The van der Waals surface area contributed by atoms with Gasteiger partial charge in [0.05, 0.1) is 23.6 Å². The van der Waals surface area contributed by atoms with Gasteiger partial charge in [-0.3, -0.25) is 4.79 Å². The maximum Gasteiger partial charge on any atom is 0.251 e. The Morgan fingerprint density at radius 1 is 1.35 bits per heavy atom. The average molecular weight is 299 g/mol. The van der Waals surface area contributed by atoms with Crippen LogP contribution in [0.25, 0.3) is 0 Å². The Hall–Kier alpha value is -1.44. The Kier molecular flexibility index (Phi) is 4.42. The zero-order chi connectivity index (χ0) is 14.8. The van der Waals surface area contributed by atoms with E-state index in [4.69, 9.17) is 4.74 Å². The van der Waals surface area contributed by atoms with Crippen LogP contribution in [0.1, 0.15) is 16.8 Å². The largest absolute Gasteiger partial charge is 0.389 e. The molecule has 0 saturated carbocycles. The second kappa shape index (κ2) is 5.90. The second-order valence-electron chi connectivity index (χ2n) is 4.81. The maximum atomic E-state index is 12.0. The first-order valence-corrected chi connectivity index (χ1v) is 8.14. The van der Waals surface area contributed by atoms with Crippen LogP contribution in [0.4, 0.5) is 0 Å². The standard InChI is InChI=1S/C13H17NO5S/c1-20(17,18)10-4-2-9(3-5-10)13(16)14-11-6-7-19-8-12(11)15/h2-5,11-12,15H,6-8H2,1H3,(H,14,16)/t11-,12-/m1/s1. The molecule has 1 amide bonds. The second-order valence-corrected chi connectivity index (χ2v) is 6.82. The summed E-state index contributed by atoms with van der Waals surface area (Å²) in [5, 5.41) is 12.4. The maximum absolute atomic E-state index is 12.0. The summed E-state index contributed by atoms with van der Waals surface area (Å²) in [6.45, 7) is 0.701. The molecule has 0 aliphatic carbocycles. The average Bonchev–Trinajstić information content (AvgIpc) is 2.40. The molecule has 2 atom stereocenters. The van der Waals surface area contributed by atoms with Crippen LogP contribution in [0.15, 0.2) is 29.2 Å². The number of hydrogen-bond acceptors (Lipinski definition) is 5. The number of nitrogens with one attached hydrogen (secondary N) is 1. The third-order valence-electron chi connectivity index (χ3n) is 3.19. The summed E-state index contributed by atoms with van der Waals surface area (Å²) in [5.41, 5.74) is 0.357. The lowest BCUT2D eigenvalue weighted by Crippen LogP contribution is -2.48. The summed E-state index contributed by atoms with van der Waals surface area (Å²) in [4.78, 5) is 12.2. The van der Waals surface area contributed by atoms with Gasteiger partial charge in [-0.15, -0.1) is 0 Å². The van der Waals surface area contributed by atoms with E-state index in [2.05, 4.69) is 5.32 Å². The first kappa shape index (κ1) is 15.0. The van der Waals surface area contributed by atoms with Crippen molar-refractivity contribution < 1.29 is 23.1 Å². The zero-order valence-electron chi connectivity index (χ0n) is 11.1. The SMILES string of the molecule is CS(=O)(=O)c1ccc(C(=O)N[C@@H]2CCOC[C@H]2O)cc1. The van der Waals surface area contributed by atoms with Crippen LogP contribution in [0.5, 0.6) is 0 Å². The Morgan fingerprint density at radius 2 is 2.00 bits per heavy atom. The molecule has 6 nitrogen and oxygen atoms in total. The van der Waals surface area contributed by atoms with E-state index in [1.807, 2.05) is 0 Å². The molecule has 0 unspecified atom stereocenters. The number of aliphatic hydroxyl groups is 1. The highest BCUT2D eigenvalue weighted by Crippen LogP contribution is 2.12. The van der Waals surface area contributed by atoms with Gasteiger partial charge in [-0.05, 0) is 30.7 Å². The van der Waals surface area contributed by atoms with Crippen molar-refractivity contribution in [2.75, 3.05) is 19.5 Å². The van der Waals surface area contributed by atoms with Crippen LogP contribution in [0.3, 0.4) is 0 Å². The molecule has 1 heterocycles. The van der Waals surface area contributed by atoms with Crippen molar-refractivity contribution in [2.24, 2.45) is 0 Å². The molecule has 110 valence electrons. The fraction of sp³-hybridized carbons (Fsp3) is 0.462. The number of ether oxygens (including phenoxy) is 1. The van der Waals surface area contributed by atoms with Gasteiger partial charge >= 0.3 is 0 Å². The van der Waals surface area contributed by atoms with Crippen molar-refractivity contribution in [1.29, 1.82) is 0 Å². The van der Waals surface area contributed by atoms with Gasteiger partial charge in [0.25, 0.3) is 5.91 Å². The van der Waals surface area contributed by atoms with E-state index in [0.717, 1.165) is 6.26 Å². The normalized spacial score (nSPS) is 23.3. The predicted octanol–water partition coefficient (Wildman–Crippen LogP) is -0.0303. The molecule has 2 rings (SSSR count). The van der Waals surface area contributed by atoms with E-state index in [9.17, 15) is 18.3 Å². The zero-order valence-corrected chi connectivity index (χ0v) is 11.9. The fourth-order valence-electron chi connectivity index (χ4n) is 2.00. The number of carbonyl (C=O) groups is 1. The van der Waals surface area contributed by atoms with Crippen LogP contribution in [0.2, 0.25) is 0 Å². The third kappa shape index (κ3) is 3.56. The summed E-state index contributed by atoms with van der Waals surface area (Å²) in [5.74, 6) is -0.337. The van der Waals surface area contributed by atoms with E-state index < -0.39 is 15.9 Å². The number of hydrogen-bond donors (Lipinski definition) is 2. The van der Waals surface area contributed by atoms with E-state index in [-0.39, 0.29) is 23.5 Å². The monoisotopic (exact) mass is 299 g/mol. The molecular weight excluding hydrogens is 282 g/mol. The van der Waals surface area contributed by atoms with Gasteiger partial charge < -0.3 is 15.2 Å². The molecule has 0 spiro atoms. The number of aliphatic hydroxyl groups excluding tert-OH is 1. The van der Waals surface area contributed by atoms with Crippen LogP contribution < -0.4 is 5.32 Å². The first-order chi connectivity index (χ1) is 9.38. The van der Waals surface area contributed by atoms with Gasteiger partial charge in [-0.1, -0.05) is 0 Å². The Morgan fingerprint density at radius 3 is 2.55 bits per heavy atom. The summed E-state index contributed by atoms with van der Waals surface area (Å²) in [7, 11) is -3.27. The molecule has 1 saturated heterocycles. The molecule has 0 radical (unpaired) electrons. The lowest BCUT2D eigenvalue weighted by Gasteiger charge is -2.28. The van der Waals surface area contributed by atoms with Gasteiger partial charge in [0.1, 0.15) is 0 Å². The van der Waals surface area contributed by atoms with Crippen LogP contribution >= 0.6 is 0 Å². The topological polar surface area (TPSA) is 92.7 Å². The quantitative estimate of drug-likeness (QED) is 0.817. The summed E-state index contributed by atoms with van der Waals surface area (Å²) in [6, 6.07) is 5.36. The van der Waals surface area contributed by atoms with E-state index >= 15 is 0 Å². The first-order valence-electron chi connectivity index (χ1n) is 6.25. The fourth-order valence-corrected chi connectivity index (χ4v) is 2.63. The molecule has 2 N–H and O–H groups in total. The van der Waals surface area contributed by atoms with Crippen LogP contribution in [-0.4, -0.2) is 51.0 Å². The van der Waals surface area contributed by atoms with Gasteiger partial charge in [0.2, 0.25) is 0 Å². The van der Waals surface area contributed by atoms with Gasteiger partial charge in [-0.25, -0.2) is 8.42 Å². The highest BCUT2D eigenvalue weighted by atomic mass is 32.2. The van der Waals surface area contributed by atoms with Gasteiger partial charge in [0.15, 0.2) is 9.84 Å². The number of sulfone groups is 1. The molecule has 1 fully saturated rings. The van der Waals surface area contributed by atoms with Crippen molar-refractivity contribution in [2.45, 2.75) is 23.5 Å². The summed E-state index contributed by atoms with van der Waals surface area (Å²) >= 11 is 0. The number of carbonyl (C=O) groups excluding carboxylic acids is 1.